The molecule has 9 heteroatoms. The third-order valence-electron chi connectivity index (χ3n) is 2.53. The van der Waals surface area contributed by atoms with Crippen LogP contribution in [0.1, 0.15) is 16.2 Å². The van der Waals surface area contributed by atoms with E-state index in [0.717, 1.165) is 0 Å². The van der Waals surface area contributed by atoms with E-state index < -0.39 is 5.97 Å². The first kappa shape index (κ1) is 14.0. The lowest BCUT2D eigenvalue weighted by atomic mass is 10.2. The van der Waals surface area contributed by atoms with Crippen LogP contribution in [-0.2, 0) is 0 Å². The van der Waals surface area contributed by atoms with E-state index in [9.17, 15) is 4.79 Å². The van der Waals surface area contributed by atoms with Gasteiger partial charge in [-0.15, -0.1) is 10.2 Å². The number of tetrazole rings is 1. The van der Waals surface area contributed by atoms with Gasteiger partial charge in [0.1, 0.15) is 17.4 Å². The molecular weight excluding hydrogens is 276 g/mol. The summed E-state index contributed by atoms with van der Waals surface area (Å²) in [6.45, 7) is 0. The molecule has 0 fully saturated rings. The molecule has 0 aliphatic rings. The summed E-state index contributed by atoms with van der Waals surface area (Å²) in [4.78, 5) is 10.9. The number of benzene rings is 1. The number of carboxylic acids is 1. The van der Waals surface area contributed by atoms with E-state index in [-0.39, 0.29) is 17.0 Å². The Morgan fingerprint density at radius 1 is 1.57 bits per heavy atom. The molecule has 0 amide bonds. The smallest absolute Gasteiger partial charge is 0.335 e. The van der Waals surface area contributed by atoms with Crippen LogP contribution in [0.4, 0.5) is 5.69 Å². The van der Waals surface area contributed by atoms with Crippen LogP contribution in [0, 0.1) is 11.3 Å². The van der Waals surface area contributed by atoms with Crippen molar-refractivity contribution in [1.82, 2.24) is 20.6 Å². The van der Waals surface area contributed by atoms with Crippen LogP contribution < -0.4 is 10.1 Å². The van der Waals surface area contributed by atoms with Gasteiger partial charge in [0.15, 0.2) is 0 Å². The number of nitrogens with zero attached hydrogens (tertiary/aromatic N) is 4. The number of ether oxygens (including phenoxy) is 1. The van der Waals surface area contributed by atoms with Gasteiger partial charge in [-0.2, -0.15) is 10.5 Å². The van der Waals surface area contributed by atoms with Gasteiger partial charge in [-0.3, -0.25) is 0 Å². The molecule has 21 heavy (non-hydrogen) atoms. The topological polar surface area (TPSA) is 137 Å². The molecule has 1 aromatic carbocycles. The minimum Gasteiger partial charge on any atom is -0.495 e. The SMILES string of the molecule is COc1cc(C(=O)O)ccc1NC=C(C#N)c1nn[nH]n1. The van der Waals surface area contributed by atoms with Crippen molar-refractivity contribution in [1.29, 1.82) is 5.26 Å². The largest absolute Gasteiger partial charge is 0.495 e. The van der Waals surface area contributed by atoms with Crippen molar-refractivity contribution < 1.29 is 14.6 Å². The van der Waals surface area contributed by atoms with Gasteiger partial charge in [0.25, 0.3) is 0 Å². The minimum absolute atomic E-state index is 0.0973. The van der Waals surface area contributed by atoms with Gasteiger partial charge in [0, 0.05) is 6.20 Å². The monoisotopic (exact) mass is 286 g/mol. The number of anilines is 1. The average molecular weight is 286 g/mol. The van der Waals surface area contributed by atoms with E-state index in [1.165, 1.54) is 31.5 Å². The molecule has 0 radical (unpaired) electrons. The molecule has 0 saturated heterocycles. The molecular formula is C12H10N6O3. The van der Waals surface area contributed by atoms with E-state index in [4.69, 9.17) is 15.1 Å². The van der Waals surface area contributed by atoms with Gasteiger partial charge in [-0.1, -0.05) is 0 Å². The number of aromatic carboxylic acids is 1. The quantitative estimate of drug-likeness (QED) is 0.689. The maximum Gasteiger partial charge on any atom is 0.335 e. The molecule has 0 aliphatic carbocycles. The second kappa shape index (κ2) is 6.16. The molecule has 106 valence electrons. The van der Waals surface area contributed by atoms with Crippen molar-refractivity contribution in [3.8, 4) is 11.8 Å². The number of hydrogen-bond donors (Lipinski definition) is 3. The number of aromatic nitrogens is 4. The molecule has 1 heterocycles. The van der Waals surface area contributed by atoms with Crippen LogP contribution in [-0.4, -0.2) is 38.8 Å². The van der Waals surface area contributed by atoms with E-state index >= 15 is 0 Å². The summed E-state index contributed by atoms with van der Waals surface area (Å²) >= 11 is 0. The summed E-state index contributed by atoms with van der Waals surface area (Å²) in [7, 11) is 1.42. The fourth-order valence-electron chi connectivity index (χ4n) is 1.52. The molecule has 0 spiro atoms. The number of H-pyrrole nitrogens is 1. The standard InChI is InChI=1S/C12H10N6O3/c1-21-10-4-7(12(19)20)2-3-9(10)14-6-8(5-13)11-15-17-18-16-11/h2-4,6,14H,1H3,(H,19,20)(H,15,16,17,18). The highest BCUT2D eigenvalue weighted by atomic mass is 16.5. The van der Waals surface area contributed by atoms with E-state index in [1.807, 2.05) is 6.07 Å². The van der Waals surface area contributed by atoms with Crippen molar-refractivity contribution in [3.05, 3.63) is 35.8 Å². The zero-order valence-electron chi connectivity index (χ0n) is 10.9. The molecule has 0 unspecified atom stereocenters. The van der Waals surface area contributed by atoms with Gasteiger partial charge in [0.2, 0.25) is 5.82 Å². The fraction of sp³-hybridized carbons (Fsp3) is 0.0833. The number of methoxy groups -OCH3 is 1. The first-order valence-corrected chi connectivity index (χ1v) is 5.67. The average Bonchev–Trinajstić information content (AvgIpc) is 3.02. The second-order valence-electron chi connectivity index (χ2n) is 3.77. The summed E-state index contributed by atoms with van der Waals surface area (Å²) in [5.74, 6) is -0.581. The van der Waals surface area contributed by atoms with Gasteiger partial charge in [-0.05, 0) is 23.4 Å². The normalized spacial score (nSPS) is 10.8. The Labute approximate surface area is 118 Å². The second-order valence-corrected chi connectivity index (χ2v) is 3.77. The Hall–Kier alpha value is -3.41. The fourth-order valence-corrected chi connectivity index (χ4v) is 1.52. The molecule has 9 nitrogen and oxygen atoms in total. The lowest BCUT2D eigenvalue weighted by molar-refractivity contribution is 0.0696. The highest BCUT2D eigenvalue weighted by Gasteiger charge is 2.10. The summed E-state index contributed by atoms with van der Waals surface area (Å²) in [5.41, 5.74) is 0.756. The van der Waals surface area contributed by atoms with Crippen molar-refractivity contribution in [2.24, 2.45) is 0 Å². The van der Waals surface area contributed by atoms with E-state index in [1.54, 1.807) is 0 Å². The van der Waals surface area contributed by atoms with E-state index in [0.29, 0.717) is 11.4 Å². The molecule has 0 aliphatic heterocycles. The van der Waals surface area contributed by atoms with Crippen LogP contribution in [0.3, 0.4) is 0 Å². The number of nitrogens with one attached hydrogen (secondary N) is 2. The lowest BCUT2D eigenvalue weighted by Gasteiger charge is -2.09. The first-order chi connectivity index (χ1) is 10.2. The number of allylic oxidation sites excluding steroid dienone is 1. The number of aromatic amines is 1. The molecule has 0 saturated carbocycles. The Bertz CT molecular complexity index is 717. The predicted octanol–water partition coefficient (Wildman–Crippen LogP) is 0.883. The highest BCUT2D eigenvalue weighted by Crippen LogP contribution is 2.26. The van der Waals surface area contributed by atoms with Gasteiger partial charge >= 0.3 is 5.97 Å². The maximum atomic E-state index is 10.9. The highest BCUT2D eigenvalue weighted by molar-refractivity contribution is 5.89. The molecule has 0 bridgehead atoms. The van der Waals surface area contributed by atoms with Crippen molar-refractivity contribution in [2.45, 2.75) is 0 Å². The summed E-state index contributed by atoms with van der Waals surface area (Å²) in [6.07, 6.45) is 1.38. The Morgan fingerprint density at radius 2 is 2.38 bits per heavy atom. The predicted molar refractivity (Wildman–Crippen MR) is 71.3 cm³/mol. The van der Waals surface area contributed by atoms with Crippen LogP contribution in [0.15, 0.2) is 24.4 Å². The number of carboxylic acid groups (broad SMARTS) is 1. The molecule has 3 N–H and O–H groups in total. The Kier molecular flexibility index (Phi) is 4.11. The van der Waals surface area contributed by atoms with Crippen molar-refractivity contribution >= 4 is 17.2 Å². The van der Waals surface area contributed by atoms with Gasteiger partial charge in [0.05, 0.1) is 18.4 Å². The van der Waals surface area contributed by atoms with Crippen LogP contribution >= 0.6 is 0 Å². The lowest BCUT2D eigenvalue weighted by Crippen LogP contribution is -2.00. The zero-order valence-corrected chi connectivity index (χ0v) is 10.9. The summed E-state index contributed by atoms with van der Waals surface area (Å²) in [6, 6.07) is 6.24. The number of hydrogen-bond acceptors (Lipinski definition) is 7. The van der Waals surface area contributed by atoms with Gasteiger partial charge < -0.3 is 15.2 Å². The number of nitriles is 1. The maximum absolute atomic E-state index is 10.9. The van der Waals surface area contributed by atoms with Crippen LogP contribution in [0.25, 0.3) is 5.57 Å². The Morgan fingerprint density at radius 3 is 2.95 bits per heavy atom. The number of rotatable bonds is 5. The van der Waals surface area contributed by atoms with Crippen LogP contribution in [0.5, 0.6) is 5.75 Å². The van der Waals surface area contributed by atoms with Gasteiger partial charge in [-0.25, -0.2) is 4.79 Å². The number of carbonyl (C=O) groups is 1. The minimum atomic E-state index is -1.06. The Balaban J connectivity index is 2.27. The summed E-state index contributed by atoms with van der Waals surface area (Å²) in [5, 5.41) is 33.8. The molecule has 1 aromatic heterocycles. The third kappa shape index (κ3) is 3.13. The zero-order chi connectivity index (χ0) is 15.2. The molecule has 2 aromatic rings. The van der Waals surface area contributed by atoms with E-state index in [2.05, 4.69) is 25.9 Å². The molecule has 0 atom stereocenters. The third-order valence-corrected chi connectivity index (χ3v) is 2.53. The summed E-state index contributed by atoms with van der Waals surface area (Å²) < 4.78 is 5.11. The van der Waals surface area contributed by atoms with Crippen molar-refractivity contribution in [2.75, 3.05) is 12.4 Å². The first-order valence-electron chi connectivity index (χ1n) is 5.67. The van der Waals surface area contributed by atoms with Crippen molar-refractivity contribution in [3.63, 3.8) is 0 Å². The van der Waals surface area contributed by atoms with Crippen LogP contribution in [0.2, 0.25) is 0 Å². The molecule has 2 rings (SSSR count).